The van der Waals surface area contributed by atoms with Gasteiger partial charge in [-0.3, -0.25) is 0 Å². The van der Waals surface area contributed by atoms with E-state index in [1.54, 1.807) is 0 Å². The van der Waals surface area contributed by atoms with Gasteiger partial charge in [0.2, 0.25) is 0 Å². The molecule has 1 N–H and O–H groups in total. The monoisotopic (exact) mass is 219 g/mol. The molecule has 90 valence electrons. The molecular formula is C15H25N. The lowest BCUT2D eigenvalue weighted by Gasteiger charge is -2.17. The number of aryl methyl sites for hydroxylation is 2. The van der Waals surface area contributed by atoms with Crippen molar-refractivity contribution in [3.05, 3.63) is 29.3 Å². The summed E-state index contributed by atoms with van der Waals surface area (Å²) in [5.41, 5.74) is 3.96. The van der Waals surface area contributed by atoms with Crippen molar-refractivity contribution >= 4 is 5.69 Å². The smallest absolute Gasteiger partial charge is 0.0374 e. The summed E-state index contributed by atoms with van der Waals surface area (Å²) in [7, 11) is 0. The third-order valence-corrected chi connectivity index (χ3v) is 3.04. The number of unbranched alkanes of at least 4 members (excludes halogenated alkanes) is 2. The van der Waals surface area contributed by atoms with Crippen molar-refractivity contribution in [3.63, 3.8) is 0 Å². The standard InChI is InChI=1S/C15H25N/c1-5-6-7-8-14(4)16-15-11-12(2)9-10-13(15)3/h9-11,14,16H,5-8H2,1-4H3. The summed E-state index contributed by atoms with van der Waals surface area (Å²) in [6.07, 6.45) is 5.24. The zero-order valence-corrected chi connectivity index (χ0v) is 11.1. The fourth-order valence-corrected chi connectivity index (χ4v) is 1.93. The zero-order valence-electron chi connectivity index (χ0n) is 11.1. The molecule has 0 aliphatic heterocycles. The van der Waals surface area contributed by atoms with Gasteiger partial charge in [0.25, 0.3) is 0 Å². The third kappa shape index (κ3) is 4.26. The molecule has 0 radical (unpaired) electrons. The van der Waals surface area contributed by atoms with Gasteiger partial charge < -0.3 is 5.32 Å². The second kappa shape index (κ2) is 6.57. The van der Waals surface area contributed by atoms with Crippen molar-refractivity contribution < 1.29 is 0 Å². The van der Waals surface area contributed by atoms with Crippen molar-refractivity contribution in [1.29, 1.82) is 0 Å². The molecule has 1 rings (SSSR count). The molecule has 0 bridgehead atoms. The third-order valence-electron chi connectivity index (χ3n) is 3.04. The van der Waals surface area contributed by atoms with Gasteiger partial charge in [0.1, 0.15) is 0 Å². The van der Waals surface area contributed by atoms with Gasteiger partial charge in [-0.1, -0.05) is 38.3 Å². The molecule has 0 spiro atoms. The maximum Gasteiger partial charge on any atom is 0.0374 e. The molecule has 1 nitrogen and oxygen atoms in total. The van der Waals surface area contributed by atoms with E-state index >= 15 is 0 Å². The van der Waals surface area contributed by atoms with E-state index < -0.39 is 0 Å². The first-order chi connectivity index (χ1) is 7.63. The van der Waals surface area contributed by atoms with Gasteiger partial charge in [0.05, 0.1) is 0 Å². The highest BCUT2D eigenvalue weighted by molar-refractivity contribution is 5.52. The number of benzene rings is 1. The van der Waals surface area contributed by atoms with Crippen molar-refractivity contribution in [2.75, 3.05) is 5.32 Å². The van der Waals surface area contributed by atoms with Crippen molar-refractivity contribution in [2.24, 2.45) is 0 Å². The van der Waals surface area contributed by atoms with E-state index in [0.29, 0.717) is 6.04 Å². The first-order valence-corrected chi connectivity index (χ1v) is 6.47. The van der Waals surface area contributed by atoms with Crippen LogP contribution in [0.1, 0.15) is 50.7 Å². The molecule has 1 aromatic rings. The summed E-state index contributed by atoms with van der Waals surface area (Å²) in [4.78, 5) is 0. The highest BCUT2D eigenvalue weighted by atomic mass is 14.9. The topological polar surface area (TPSA) is 12.0 Å². The fourth-order valence-electron chi connectivity index (χ4n) is 1.93. The van der Waals surface area contributed by atoms with Crippen LogP contribution in [-0.2, 0) is 0 Å². The number of hydrogen-bond donors (Lipinski definition) is 1. The van der Waals surface area contributed by atoms with Crippen molar-refractivity contribution in [1.82, 2.24) is 0 Å². The normalized spacial score (nSPS) is 12.5. The summed E-state index contributed by atoms with van der Waals surface area (Å²) >= 11 is 0. The summed E-state index contributed by atoms with van der Waals surface area (Å²) in [6.45, 7) is 8.84. The molecule has 0 amide bonds. The Bertz CT molecular complexity index is 317. The average molecular weight is 219 g/mol. The number of anilines is 1. The second-order valence-electron chi connectivity index (χ2n) is 4.86. The van der Waals surface area contributed by atoms with Crippen LogP contribution in [0.3, 0.4) is 0 Å². The molecular weight excluding hydrogens is 194 g/mol. The molecule has 0 aliphatic rings. The summed E-state index contributed by atoms with van der Waals surface area (Å²) in [6, 6.07) is 7.18. The maximum absolute atomic E-state index is 3.61. The number of hydrogen-bond acceptors (Lipinski definition) is 1. The lowest BCUT2D eigenvalue weighted by Crippen LogP contribution is -2.15. The van der Waals surface area contributed by atoms with Crippen LogP contribution >= 0.6 is 0 Å². The Labute approximate surface area is 100 Å². The predicted molar refractivity (Wildman–Crippen MR) is 73.1 cm³/mol. The highest BCUT2D eigenvalue weighted by Gasteiger charge is 2.04. The van der Waals surface area contributed by atoms with E-state index in [9.17, 15) is 0 Å². The molecule has 0 saturated heterocycles. The van der Waals surface area contributed by atoms with Crippen LogP contribution in [0.25, 0.3) is 0 Å². The Balaban J connectivity index is 2.48. The van der Waals surface area contributed by atoms with Crippen LogP contribution in [0, 0.1) is 13.8 Å². The number of nitrogens with one attached hydrogen (secondary N) is 1. The van der Waals surface area contributed by atoms with E-state index in [1.807, 2.05) is 0 Å². The summed E-state index contributed by atoms with van der Waals surface area (Å²) in [5, 5.41) is 3.61. The SMILES string of the molecule is CCCCCC(C)Nc1cc(C)ccc1C. The Kier molecular flexibility index (Phi) is 5.37. The van der Waals surface area contributed by atoms with Gasteiger partial charge in [0.15, 0.2) is 0 Å². The van der Waals surface area contributed by atoms with Gasteiger partial charge in [0, 0.05) is 11.7 Å². The Morgan fingerprint density at radius 1 is 1.19 bits per heavy atom. The van der Waals surface area contributed by atoms with E-state index in [2.05, 4.69) is 51.2 Å². The first-order valence-electron chi connectivity index (χ1n) is 6.47. The van der Waals surface area contributed by atoms with Crippen molar-refractivity contribution in [3.8, 4) is 0 Å². The highest BCUT2D eigenvalue weighted by Crippen LogP contribution is 2.18. The minimum Gasteiger partial charge on any atom is -0.382 e. The van der Waals surface area contributed by atoms with E-state index in [4.69, 9.17) is 0 Å². The summed E-state index contributed by atoms with van der Waals surface area (Å²) in [5.74, 6) is 0. The van der Waals surface area contributed by atoms with Gasteiger partial charge in [-0.2, -0.15) is 0 Å². The van der Waals surface area contributed by atoms with E-state index in [-0.39, 0.29) is 0 Å². The van der Waals surface area contributed by atoms with E-state index in [0.717, 1.165) is 0 Å². The molecule has 0 saturated carbocycles. The molecule has 1 aromatic carbocycles. The molecule has 0 fully saturated rings. The van der Waals surface area contributed by atoms with Crippen LogP contribution in [0.4, 0.5) is 5.69 Å². The van der Waals surface area contributed by atoms with Crippen molar-refractivity contribution in [2.45, 2.75) is 59.4 Å². The second-order valence-corrected chi connectivity index (χ2v) is 4.86. The van der Waals surface area contributed by atoms with Crippen LogP contribution in [0.2, 0.25) is 0 Å². The Morgan fingerprint density at radius 3 is 2.62 bits per heavy atom. The molecule has 0 heterocycles. The zero-order chi connectivity index (χ0) is 12.0. The van der Waals surface area contributed by atoms with E-state index in [1.165, 1.54) is 42.5 Å². The number of rotatable bonds is 6. The largest absolute Gasteiger partial charge is 0.382 e. The minimum atomic E-state index is 0.576. The first kappa shape index (κ1) is 13.1. The lowest BCUT2D eigenvalue weighted by atomic mass is 10.1. The molecule has 0 aliphatic carbocycles. The van der Waals surface area contributed by atoms with Gasteiger partial charge in [-0.25, -0.2) is 0 Å². The molecule has 0 aromatic heterocycles. The molecule has 1 atom stereocenters. The molecule has 1 heteroatoms. The lowest BCUT2D eigenvalue weighted by molar-refractivity contribution is 0.615. The molecule has 1 unspecified atom stereocenters. The van der Waals surface area contributed by atoms with Gasteiger partial charge in [-0.15, -0.1) is 0 Å². The minimum absolute atomic E-state index is 0.576. The summed E-state index contributed by atoms with van der Waals surface area (Å²) < 4.78 is 0. The van der Waals surface area contributed by atoms with Gasteiger partial charge >= 0.3 is 0 Å². The van der Waals surface area contributed by atoms with Crippen LogP contribution in [0.5, 0.6) is 0 Å². The maximum atomic E-state index is 3.61. The van der Waals surface area contributed by atoms with Crippen LogP contribution < -0.4 is 5.32 Å². The predicted octanol–water partition coefficient (Wildman–Crippen LogP) is 4.68. The Morgan fingerprint density at radius 2 is 1.94 bits per heavy atom. The van der Waals surface area contributed by atoms with Crippen LogP contribution in [0.15, 0.2) is 18.2 Å². The fraction of sp³-hybridized carbons (Fsp3) is 0.600. The quantitative estimate of drug-likeness (QED) is 0.685. The molecule has 16 heavy (non-hydrogen) atoms. The van der Waals surface area contributed by atoms with Gasteiger partial charge in [-0.05, 0) is 44.4 Å². The average Bonchev–Trinajstić information content (AvgIpc) is 2.24. The Hall–Kier alpha value is -0.980. The van der Waals surface area contributed by atoms with Crippen LogP contribution in [-0.4, -0.2) is 6.04 Å².